The molecule has 0 atom stereocenters. The quantitative estimate of drug-likeness (QED) is 0.634. The van der Waals surface area contributed by atoms with Crippen molar-refractivity contribution in [2.45, 2.75) is 26.3 Å². The summed E-state index contributed by atoms with van der Waals surface area (Å²) >= 11 is 5.79. The summed E-state index contributed by atoms with van der Waals surface area (Å²) in [4.78, 5) is 14.7. The lowest BCUT2D eigenvalue weighted by atomic mass is 10.1. The fourth-order valence-electron chi connectivity index (χ4n) is 1.95. The lowest BCUT2D eigenvalue weighted by molar-refractivity contribution is -0.384. The van der Waals surface area contributed by atoms with Crippen LogP contribution in [0.5, 0.6) is 0 Å². The van der Waals surface area contributed by atoms with Gasteiger partial charge in [-0.25, -0.2) is 4.98 Å². The van der Waals surface area contributed by atoms with Crippen molar-refractivity contribution in [2.75, 3.05) is 0 Å². The normalized spacial score (nSPS) is 10.9. The molecule has 5 nitrogen and oxygen atoms in total. The smallest absolute Gasteiger partial charge is 0.288 e. The van der Waals surface area contributed by atoms with Crippen LogP contribution in [0.25, 0.3) is 0 Å². The van der Waals surface area contributed by atoms with Crippen LogP contribution in [0.4, 0.5) is 5.69 Å². The van der Waals surface area contributed by atoms with Crippen molar-refractivity contribution >= 4 is 17.3 Å². The lowest BCUT2D eigenvalue weighted by Gasteiger charge is -2.10. The van der Waals surface area contributed by atoms with E-state index < -0.39 is 4.92 Å². The van der Waals surface area contributed by atoms with Crippen LogP contribution in [0.15, 0.2) is 30.6 Å². The van der Waals surface area contributed by atoms with Gasteiger partial charge in [0.05, 0.1) is 4.92 Å². The fourth-order valence-corrected chi connectivity index (χ4v) is 2.13. The first-order valence-corrected chi connectivity index (χ1v) is 6.30. The van der Waals surface area contributed by atoms with Gasteiger partial charge in [0.2, 0.25) is 0 Å². The maximum Gasteiger partial charge on any atom is 0.288 e. The fraction of sp³-hybridized carbons (Fsp3) is 0.308. The maximum atomic E-state index is 10.9. The number of rotatable bonds is 4. The average Bonchev–Trinajstić information content (AvgIpc) is 2.79. The van der Waals surface area contributed by atoms with Crippen molar-refractivity contribution < 1.29 is 4.92 Å². The Morgan fingerprint density at radius 2 is 2.21 bits per heavy atom. The maximum absolute atomic E-state index is 10.9. The van der Waals surface area contributed by atoms with Crippen LogP contribution in [0.2, 0.25) is 5.02 Å². The summed E-state index contributed by atoms with van der Waals surface area (Å²) in [5.41, 5.74) is 0.765. The number of nitro groups is 1. The molecule has 100 valence electrons. The Hall–Kier alpha value is -1.88. The minimum Gasteiger partial charge on any atom is -0.330 e. The van der Waals surface area contributed by atoms with Crippen LogP contribution in [-0.2, 0) is 6.54 Å². The second-order valence-electron chi connectivity index (χ2n) is 4.61. The van der Waals surface area contributed by atoms with Crippen molar-refractivity contribution in [3.05, 3.63) is 57.1 Å². The van der Waals surface area contributed by atoms with E-state index in [1.807, 2.05) is 10.8 Å². The Labute approximate surface area is 116 Å². The van der Waals surface area contributed by atoms with E-state index >= 15 is 0 Å². The predicted octanol–water partition coefficient (Wildman–Crippen LogP) is 3.62. The molecule has 0 bridgehead atoms. The molecule has 0 saturated carbocycles. The van der Waals surface area contributed by atoms with Crippen molar-refractivity contribution in [2.24, 2.45) is 0 Å². The molecule has 1 aromatic heterocycles. The van der Waals surface area contributed by atoms with Crippen molar-refractivity contribution in [1.82, 2.24) is 9.55 Å². The Balaban J connectivity index is 2.31. The molecule has 6 heteroatoms. The highest BCUT2D eigenvalue weighted by atomic mass is 35.5. The van der Waals surface area contributed by atoms with Gasteiger partial charge in [0.15, 0.2) is 0 Å². The Kier molecular flexibility index (Phi) is 3.85. The molecule has 0 aliphatic heterocycles. The third-order valence-electron chi connectivity index (χ3n) is 2.82. The summed E-state index contributed by atoms with van der Waals surface area (Å²) in [5.74, 6) is 1.26. The minimum atomic E-state index is -0.469. The Morgan fingerprint density at radius 1 is 1.47 bits per heavy atom. The Morgan fingerprint density at radius 3 is 2.84 bits per heavy atom. The summed E-state index contributed by atoms with van der Waals surface area (Å²) < 4.78 is 1.98. The second kappa shape index (κ2) is 5.40. The van der Waals surface area contributed by atoms with Gasteiger partial charge in [-0.05, 0) is 11.6 Å². The molecule has 0 spiro atoms. The number of nitro benzene ring substituents is 1. The third-order valence-corrected chi connectivity index (χ3v) is 3.14. The van der Waals surface area contributed by atoms with E-state index in [-0.39, 0.29) is 10.7 Å². The molecular formula is C13H14ClN3O2. The van der Waals surface area contributed by atoms with E-state index in [0.717, 1.165) is 11.4 Å². The van der Waals surface area contributed by atoms with E-state index in [1.165, 1.54) is 6.07 Å². The molecule has 0 amide bonds. The summed E-state index contributed by atoms with van der Waals surface area (Å²) in [6.07, 6.45) is 3.61. The molecule has 19 heavy (non-hydrogen) atoms. The zero-order valence-electron chi connectivity index (χ0n) is 10.7. The number of benzene rings is 1. The summed E-state index contributed by atoms with van der Waals surface area (Å²) in [7, 11) is 0. The van der Waals surface area contributed by atoms with Gasteiger partial charge in [-0.1, -0.05) is 31.5 Å². The highest BCUT2D eigenvalue weighted by Crippen LogP contribution is 2.25. The topological polar surface area (TPSA) is 61.0 Å². The molecule has 0 N–H and O–H groups in total. The molecule has 0 fully saturated rings. The van der Waals surface area contributed by atoms with Crippen LogP contribution in [0.3, 0.4) is 0 Å². The highest BCUT2D eigenvalue weighted by molar-refractivity contribution is 6.32. The van der Waals surface area contributed by atoms with Gasteiger partial charge in [-0.2, -0.15) is 0 Å². The van der Waals surface area contributed by atoms with Gasteiger partial charge >= 0.3 is 0 Å². The zero-order valence-corrected chi connectivity index (χ0v) is 11.5. The van der Waals surface area contributed by atoms with Gasteiger partial charge in [0, 0.05) is 30.9 Å². The monoisotopic (exact) mass is 279 g/mol. The molecule has 0 unspecified atom stereocenters. The van der Waals surface area contributed by atoms with Gasteiger partial charge < -0.3 is 4.57 Å². The van der Waals surface area contributed by atoms with E-state index in [2.05, 4.69) is 18.8 Å². The van der Waals surface area contributed by atoms with Gasteiger partial charge in [-0.3, -0.25) is 10.1 Å². The SMILES string of the molecule is CC(C)c1nccn1Cc1ccc(Cl)c([N+](=O)[O-])c1. The summed E-state index contributed by atoms with van der Waals surface area (Å²) in [6, 6.07) is 4.85. The standard InChI is InChI=1S/C13H14ClN3O2/c1-9(2)13-15-5-6-16(13)8-10-3-4-11(14)12(7-10)17(18)19/h3-7,9H,8H2,1-2H3. The molecule has 0 aliphatic carbocycles. The Bertz CT molecular complexity index is 608. The number of hydrogen-bond acceptors (Lipinski definition) is 3. The largest absolute Gasteiger partial charge is 0.330 e. The first-order valence-electron chi connectivity index (χ1n) is 5.93. The molecule has 0 radical (unpaired) electrons. The molecule has 2 rings (SSSR count). The van der Waals surface area contributed by atoms with E-state index in [4.69, 9.17) is 11.6 Å². The van der Waals surface area contributed by atoms with E-state index in [1.54, 1.807) is 18.3 Å². The number of aromatic nitrogens is 2. The first-order chi connectivity index (χ1) is 8.99. The summed E-state index contributed by atoms with van der Waals surface area (Å²) in [5, 5.41) is 11.0. The average molecular weight is 280 g/mol. The van der Waals surface area contributed by atoms with Gasteiger partial charge in [0.1, 0.15) is 10.8 Å². The van der Waals surface area contributed by atoms with E-state index in [0.29, 0.717) is 12.5 Å². The molecule has 1 heterocycles. The van der Waals surface area contributed by atoms with Crippen molar-refractivity contribution in [3.8, 4) is 0 Å². The minimum absolute atomic E-state index is 0.0645. The molecule has 1 aromatic carbocycles. The van der Waals surface area contributed by atoms with Crippen molar-refractivity contribution in [3.63, 3.8) is 0 Å². The van der Waals surface area contributed by atoms with Gasteiger partial charge in [-0.15, -0.1) is 0 Å². The number of nitrogens with zero attached hydrogens (tertiary/aromatic N) is 3. The number of halogens is 1. The second-order valence-corrected chi connectivity index (χ2v) is 5.02. The molecule has 2 aromatic rings. The summed E-state index contributed by atoms with van der Waals surface area (Å²) in [6.45, 7) is 4.66. The number of hydrogen-bond donors (Lipinski definition) is 0. The molecule has 0 aliphatic rings. The number of imidazole rings is 1. The highest BCUT2D eigenvalue weighted by Gasteiger charge is 2.14. The van der Waals surface area contributed by atoms with Crippen molar-refractivity contribution in [1.29, 1.82) is 0 Å². The van der Waals surface area contributed by atoms with Crippen LogP contribution in [0.1, 0.15) is 31.2 Å². The van der Waals surface area contributed by atoms with Crippen LogP contribution < -0.4 is 0 Å². The molecular weight excluding hydrogens is 266 g/mol. The van der Waals surface area contributed by atoms with Crippen LogP contribution in [-0.4, -0.2) is 14.5 Å². The van der Waals surface area contributed by atoms with E-state index in [9.17, 15) is 10.1 Å². The van der Waals surface area contributed by atoms with Crippen LogP contribution >= 0.6 is 11.6 Å². The van der Waals surface area contributed by atoms with Gasteiger partial charge in [0.25, 0.3) is 5.69 Å². The molecule has 0 saturated heterocycles. The lowest BCUT2D eigenvalue weighted by Crippen LogP contribution is -2.06. The first kappa shape index (κ1) is 13.5. The zero-order chi connectivity index (χ0) is 14.0. The predicted molar refractivity (Wildman–Crippen MR) is 73.5 cm³/mol. The third kappa shape index (κ3) is 2.93. The van der Waals surface area contributed by atoms with Crippen LogP contribution in [0, 0.1) is 10.1 Å².